The Morgan fingerprint density at radius 2 is 1.61 bits per heavy atom. The molecule has 0 aromatic heterocycles. The van der Waals surface area contributed by atoms with E-state index in [0.717, 1.165) is 5.56 Å². The van der Waals surface area contributed by atoms with Gasteiger partial charge in [0.2, 0.25) is 5.91 Å². The van der Waals surface area contributed by atoms with E-state index in [-0.39, 0.29) is 18.2 Å². The number of hydrogen-bond donors (Lipinski definition) is 1. The molecule has 0 radical (unpaired) electrons. The summed E-state index contributed by atoms with van der Waals surface area (Å²) in [4.78, 5) is 34.0. The Hall–Kier alpha value is -4.20. The molecule has 158 valence electrons. The second-order valence-corrected chi connectivity index (χ2v) is 6.56. The fourth-order valence-corrected chi connectivity index (χ4v) is 2.63. The summed E-state index contributed by atoms with van der Waals surface area (Å²) in [5.41, 5.74) is 1.63. The van der Waals surface area contributed by atoms with Gasteiger partial charge in [0, 0.05) is 24.2 Å². The van der Waals surface area contributed by atoms with Gasteiger partial charge in [-0.15, -0.1) is 0 Å². The second-order valence-electron chi connectivity index (χ2n) is 6.56. The fourth-order valence-electron chi connectivity index (χ4n) is 2.63. The van der Waals surface area contributed by atoms with Gasteiger partial charge in [0.1, 0.15) is 18.1 Å². The number of esters is 1. The molecule has 0 saturated heterocycles. The van der Waals surface area contributed by atoms with E-state index in [4.69, 9.17) is 9.47 Å². The van der Waals surface area contributed by atoms with Crippen LogP contribution in [0.25, 0.3) is 0 Å². The van der Waals surface area contributed by atoms with Crippen molar-refractivity contribution in [3.05, 3.63) is 94.0 Å². The minimum atomic E-state index is -0.501. The number of hydrogen-bond acceptors (Lipinski definition) is 6. The third kappa shape index (κ3) is 6.14. The molecule has 0 aliphatic rings. The van der Waals surface area contributed by atoms with Gasteiger partial charge in [0.25, 0.3) is 5.69 Å². The Labute approximate surface area is 178 Å². The van der Waals surface area contributed by atoms with Gasteiger partial charge in [-0.1, -0.05) is 25.1 Å². The van der Waals surface area contributed by atoms with Crippen molar-refractivity contribution < 1.29 is 24.0 Å². The SMILES string of the molecule is CCC(=O)Nc1cccc(C(=O)OCc2ccc(Oc3ccc([N+](=O)[O-])cc3)cc2)c1. The highest BCUT2D eigenvalue weighted by Crippen LogP contribution is 2.24. The van der Waals surface area contributed by atoms with E-state index in [1.165, 1.54) is 24.3 Å². The molecule has 0 aliphatic carbocycles. The van der Waals surface area contributed by atoms with E-state index in [1.54, 1.807) is 55.5 Å². The third-order valence-electron chi connectivity index (χ3n) is 4.28. The quantitative estimate of drug-likeness (QED) is 0.309. The number of carbonyl (C=O) groups is 2. The molecule has 0 atom stereocenters. The predicted molar refractivity (Wildman–Crippen MR) is 114 cm³/mol. The number of benzene rings is 3. The van der Waals surface area contributed by atoms with Crippen molar-refractivity contribution in [2.75, 3.05) is 5.32 Å². The van der Waals surface area contributed by atoms with Gasteiger partial charge in [-0.25, -0.2) is 4.79 Å². The van der Waals surface area contributed by atoms with Crippen LogP contribution in [0.4, 0.5) is 11.4 Å². The average Bonchev–Trinajstić information content (AvgIpc) is 2.79. The summed E-state index contributed by atoms with van der Waals surface area (Å²) in [6.07, 6.45) is 0.346. The zero-order valence-corrected chi connectivity index (χ0v) is 16.7. The van der Waals surface area contributed by atoms with Gasteiger partial charge in [-0.2, -0.15) is 0 Å². The molecule has 31 heavy (non-hydrogen) atoms. The van der Waals surface area contributed by atoms with E-state index in [0.29, 0.717) is 29.2 Å². The van der Waals surface area contributed by atoms with Crippen LogP contribution in [-0.2, 0) is 16.1 Å². The smallest absolute Gasteiger partial charge is 0.338 e. The van der Waals surface area contributed by atoms with E-state index >= 15 is 0 Å². The van der Waals surface area contributed by atoms with Gasteiger partial charge in [0.15, 0.2) is 0 Å². The Morgan fingerprint density at radius 3 is 2.23 bits per heavy atom. The highest BCUT2D eigenvalue weighted by molar-refractivity contribution is 5.94. The first-order chi connectivity index (χ1) is 14.9. The molecule has 3 rings (SSSR count). The maximum absolute atomic E-state index is 12.3. The number of nitrogens with zero attached hydrogens (tertiary/aromatic N) is 1. The minimum absolute atomic E-state index is 0.0113. The maximum atomic E-state index is 12.3. The molecule has 1 amide bonds. The maximum Gasteiger partial charge on any atom is 0.338 e. The summed E-state index contributed by atoms with van der Waals surface area (Å²) >= 11 is 0. The first-order valence-corrected chi connectivity index (χ1v) is 9.53. The molecular formula is C23H20N2O6. The molecule has 8 heteroatoms. The zero-order valence-electron chi connectivity index (χ0n) is 16.7. The number of non-ortho nitro benzene ring substituents is 1. The Morgan fingerprint density at radius 1 is 0.968 bits per heavy atom. The lowest BCUT2D eigenvalue weighted by molar-refractivity contribution is -0.384. The molecule has 0 saturated carbocycles. The van der Waals surface area contributed by atoms with Crippen LogP contribution in [0.15, 0.2) is 72.8 Å². The van der Waals surface area contributed by atoms with E-state index in [2.05, 4.69) is 5.32 Å². The third-order valence-corrected chi connectivity index (χ3v) is 4.28. The Balaban J connectivity index is 1.55. The van der Waals surface area contributed by atoms with Gasteiger partial charge in [-0.05, 0) is 48.0 Å². The fraction of sp³-hybridized carbons (Fsp3) is 0.130. The van der Waals surface area contributed by atoms with E-state index in [1.807, 2.05) is 0 Å². The molecule has 1 N–H and O–H groups in total. The first kappa shape index (κ1) is 21.5. The van der Waals surface area contributed by atoms with Gasteiger partial charge < -0.3 is 14.8 Å². The van der Waals surface area contributed by atoms with Crippen molar-refractivity contribution in [1.82, 2.24) is 0 Å². The molecule has 8 nitrogen and oxygen atoms in total. The van der Waals surface area contributed by atoms with Crippen molar-refractivity contribution >= 4 is 23.3 Å². The van der Waals surface area contributed by atoms with Crippen molar-refractivity contribution in [2.45, 2.75) is 20.0 Å². The van der Waals surface area contributed by atoms with Crippen LogP contribution >= 0.6 is 0 Å². The summed E-state index contributed by atoms with van der Waals surface area (Å²) < 4.78 is 11.0. The number of nitro benzene ring substituents is 1. The molecule has 0 heterocycles. The highest BCUT2D eigenvalue weighted by Gasteiger charge is 2.10. The molecule has 0 spiro atoms. The van der Waals surface area contributed by atoms with Gasteiger partial charge >= 0.3 is 5.97 Å². The van der Waals surface area contributed by atoms with Gasteiger partial charge in [0.05, 0.1) is 10.5 Å². The predicted octanol–water partition coefficient (Wildman–Crippen LogP) is 5.09. The molecule has 3 aromatic rings. The lowest BCUT2D eigenvalue weighted by Gasteiger charge is -2.09. The van der Waals surface area contributed by atoms with Crippen LogP contribution in [0, 0.1) is 10.1 Å². The van der Waals surface area contributed by atoms with Crippen LogP contribution < -0.4 is 10.1 Å². The standard InChI is InChI=1S/C23H20N2O6/c1-2-22(26)24-18-5-3-4-17(14-18)23(27)30-15-16-6-10-20(11-7-16)31-21-12-8-19(9-13-21)25(28)29/h3-14H,2,15H2,1H3,(H,24,26). The molecule has 0 unspecified atom stereocenters. The average molecular weight is 420 g/mol. The zero-order chi connectivity index (χ0) is 22.2. The number of ether oxygens (including phenoxy) is 2. The Kier molecular flexibility index (Phi) is 6.95. The van der Waals surface area contributed by atoms with Crippen LogP contribution in [0.1, 0.15) is 29.3 Å². The largest absolute Gasteiger partial charge is 0.457 e. The normalized spacial score (nSPS) is 10.2. The first-order valence-electron chi connectivity index (χ1n) is 9.53. The number of amides is 1. The van der Waals surface area contributed by atoms with Gasteiger partial charge in [-0.3, -0.25) is 14.9 Å². The van der Waals surface area contributed by atoms with Crippen molar-refractivity contribution in [2.24, 2.45) is 0 Å². The number of carbonyl (C=O) groups excluding carboxylic acids is 2. The van der Waals surface area contributed by atoms with E-state index in [9.17, 15) is 19.7 Å². The van der Waals surface area contributed by atoms with Crippen molar-refractivity contribution in [3.8, 4) is 11.5 Å². The summed E-state index contributed by atoms with van der Waals surface area (Å²) in [5.74, 6) is 0.378. The van der Waals surface area contributed by atoms with Crippen molar-refractivity contribution in [3.63, 3.8) is 0 Å². The topological polar surface area (TPSA) is 108 Å². The molecule has 3 aromatic carbocycles. The summed E-state index contributed by atoms with van der Waals surface area (Å²) in [5, 5.41) is 13.4. The van der Waals surface area contributed by atoms with E-state index < -0.39 is 10.9 Å². The lowest BCUT2D eigenvalue weighted by Crippen LogP contribution is -2.11. The summed E-state index contributed by atoms with van der Waals surface area (Å²) in [6.45, 7) is 1.82. The Bertz CT molecular complexity index is 1080. The number of anilines is 1. The van der Waals surface area contributed by atoms with Crippen LogP contribution in [0.5, 0.6) is 11.5 Å². The monoisotopic (exact) mass is 420 g/mol. The number of rotatable bonds is 8. The minimum Gasteiger partial charge on any atom is -0.457 e. The van der Waals surface area contributed by atoms with Crippen LogP contribution in [-0.4, -0.2) is 16.8 Å². The lowest BCUT2D eigenvalue weighted by atomic mass is 10.2. The summed E-state index contributed by atoms with van der Waals surface area (Å²) in [6, 6.07) is 19.3. The molecule has 0 aliphatic heterocycles. The number of nitrogens with one attached hydrogen (secondary N) is 1. The molecule has 0 fully saturated rings. The van der Waals surface area contributed by atoms with Crippen LogP contribution in [0.2, 0.25) is 0 Å². The molecule has 0 bridgehead atoms. The second kappa shape index (κ2) is 10.0. The van der Waals surface area contributed by atoms with Crippen LogP contribution in [0.3, 0.4) is 0 Å². The number of nitro groups is 1. The summed E-state index contributed by atoms with van der Waals surface area (Å²) in [7, 11) is 0. The van der Waals surface area contributed by atoms with Crippen molar-refractivity contribution in [1.29, 1.82) is 0 Å². The molecular weight excluding hydrogens is 400 g/mol. The highest BCUT2D eigenvalue weighted by atomic mass is 16.6.